The van der Waals surface area contributed by atoms with Gasteiger partial charge in [0.15, 0.2) is 0 Å². The van der Waals surface area contributed by atoms with Crippen LogP contribution in [-0.2, 0) is 9.47 Å². The van der Waals surface area contributed by atoms with E-state index in [1.54, 1.807) is 0 Å². The lowest BCUT2D eigenvalue weighted by Crippen LogP contribution is -2.21. The normalized spacial score (nSPS) is 21.9. The number of carbonyl (C=O) groups excluding carboxylic acids is 2. The second-order valence-corrected chi connectivity index (χ2v) is 6.23. The number of thioether (sulfide) groups is 1. The SMILES string of the molecule is O=C(OC1CCCCC1)SC(=O)OC1CCCCC1. The van der Waals surface area contributed by atoms with Gasteiger partial charge in [0, 0.05) is 0 Å². The minimum Gasteiger partial charge on any atom is -0.454 e. The van der Waals surface area contributed by atoms with Gasteiger partial charge in [-0.2, -0.15) is 0 Å². The maximum atomic E-state index is 11.6. The molecule has 0 atom stereocenters. The third kappa shape index (κ3) is 5.43. The van der Waals surface area contributed by atoms with Gasteiger partial charge in [0.2, 0.25) is 0 Å². The first-order valence-corrected chi connectivity index (χ1v) is 8.15. The third-order valence-electron chi connectivity index (χ3n) is 3.80. The maximum absolute atomic E-state index is 11.6. The Morgan fingerprint density at radius 2 is 1.05 bits per heavy atom. The van der Waals surface area contributed by atoms with Crippen molar-refractivity contribution in [3.05, 3.63) is 0 Å². The largest absolute Gasteiger partial charge is 0.454 e. The van der Waals surface area contributed by atoms with E-state index in [9.17, 15) is 9.59 Å². The fourth-order valence-corrected chi connectivity index (χ4v) is 3.26. The van der Waals surface area contributed by atoms with Gasteiger partial charge in [-0.05, 0) is 51.4 Å². The Morgan fingerprint density at radius 1 is 0.684 bits per heavy atom. The zero-order chi connectivity index (χ0) is 13.5. The Bertz CT molecular complexity index is 277. The molecule has 0 N–H and O–H groups in total. The highest BCUT2D eigenvalue weighted by atomic mass is 32.2. The van der Waals surface area contributed by atoms with E-state index < -0.39 is 10.6 Å². The highest BCUT2D eigenvalue weighted by Gasteiger charge is 2.23. The fraction of sp³-hybridized carbons (Fsp3) is 0.857. The first-order chi connectivity index (χ1) is 9.24. The lowest BCUT2D eigenvalue weighted by Gasteiger charge is -2.22. The highest BCUT2D eigenvalue weighted by molar-refractivity contribution is 8.25. The van der Waals surface area contributed by atoms with Gasteiger partial charge in [0.1, 0.15) is 12.2 Å². The summed E-state index contributed by atoms with van der Waals surface area (Å²) in [6.07, 6.45) is 10.5. The van der Waals surface area contributed by atoms with E-state index in [0.717, 1.165) is 51.4 Å². The molecule has 0 bridgehead atoms. The molecule has 5 heteroatoms. The molecular weight excluding hydrogens is 264 g/mol. The number of hydrogen-bond acceptors (Lipinski definition) is 5. The standard InChI is InChI=1S/C14H22O4S/c15-13(17-11-7-3-1-4-8-11)19-14(16)18-12-9-5-2-6-10-12/h11-12H,1-10H2. The van der Waals surface area contributed by atoms with E-state index in [1.807, 2.05) is 0 Å². The van der Waals surface area contributed by atoms with Crippen molar-refractivity contribution in [3.8, 4) is 0 Å². The number of carbonyl (C=O) groups is 2. The molecule has 0 aromatic rings. The molecule has 0 heterocycles. The van der Waals surface area contributed by atoms with Crippen LogP contribution in [0.5, 0.6) is 0 Å². The molecule has 2 aliphatic rings. The minimum absolute atomic E-state index is 0.00349. The maximum Gasteiger partial charge on any atom is 0.378 e. The summed E-state index contributed by atoms with van der Waals surface area (Å²) in [6, 6.07) is 0. The van der Waals surface area contributed by atoms with Gasteiger partial charge in [-0.15, -0.1) is 0 Å². The zero-order valence-electron chi connectivity index (χ0n) is 11.3. The molecule has 0 spiro atoms. The molecule has 108 valence electrons. The van der Waals surface area contributed by atoms with E-state index in [-0.39, 0.29) is 12.2 Å². The lowest BCUT2D eigenvalue weighted by molar-refractivity contribution is 0.0921. The number of hydrogen-bond donors (Lipinski definition) is 0. The van der Waals surface area contributed by atoms with Crippen molar-refractivity contribution < 1.29 is 19.1 Å². The van der Waals surface area contributed by atoms with Gasteiger partial charge in [0.25, 0.3) is 0 Å². The highest BCUT2D eigenvalue weighted by Crippen LogP contribution is 2.25. The summed E-state index contributed by atoms with van der Waals surface area (Å²) in [5.74, 6) is 0. The Kier molecular flexibility index (Phi) is 6.01. The second-order valence-electron chi connectivity index (χ2n) is 5.36. The molecule has 2 saturated carbocycles. The van der Waals surface area contributed by atoms with Crippen molar-refractivity contribution in [2.45, 2.75) is 76.4 Å². The van der Waals surface area contributed by atoms with Crippen molar-refractivity contribution in [2.75, 3.05) is 0 Å². The molecule has 2 rings (SSSR count). The summed E-state index contributed by atoms with van der Waals surface area (Å²) in [5, 5.41) is -1.01. The van der Waals surface area contributed by atoms with E-state index >= 15 is 0 Å². The molecular formula is C14H22O4S. The van der Waals surface area contributed by atoms with Crippen LogP contribution in [0.15, 0.2) is 0 Å². The van der Waals surface area contributed by atoms with Crippen LogP contribution in [0.2, 0.25) is 0 Å². The molecule has 0 unspecified atom stereocenters. The zero-order valence-corrected chi connectivity index (χ0v) is 12.1. The Morgan fingerprint density at radius 3 is 1.42 bits per heavy atom. The van der Waals surface area contributed by atoms with Crippen LogP contribution in [0.3, 0.4) is 0 Å². The molecule has 2 aliphatic carbocycles. The van der Waals surface area contributed by atoms with Crippen molar-refractivity contribution >= 4 is 22.4 Å². The van der Waals surface area contributed by atoms with Crippen LogP contribution < -0.4 is 0 Å². The summed E-state index contributed by atoms with van der Waals surface area (Å²) in [7, 11) is 0. The molecule has 0 aromatic heterocycles. The number of ether oxygens (including phenoxy) is 2. The summed E-state index contributed by atoms with van der Waals surface area (Å²) in [6.45, 7) is 0. The molecule has 2 fully saturated rings. The van der Waals surface area contributed by atoms with Gasteiger partial charge in [0.05, 0.1) is 11.8 Å². The first-order valence-electron chi connectivity index (χ1n) is 7.33. The first kappa shape index (κ1) is 14.7. The van der Waals surface area contributed by atoms with Crippen LogP contribution in [0.1, 0.15) is 64.2 Å². The molecule has 0 saturated heterocycles. The van der Waals surface area contributed by atoms with Gasteiger partial charge in [-0.1, -0.05) is 12.8 Å². The monoisotopic (exact) mass is 286 g/mol. The second kappa shape index (κ2) is 7.78. The van der Waals surface area contributed by atoms with Crippen LogP contribution in [0, 0.1) is 0 Å². The molecule has 19 heavy (non-hydrogen) atoms. The Labute approximate surface area is 118 Å². The predicted octanol–water partition coefficient (Wildman–Crippen LogP) is 4.66. The van der Waals surface area contributed by atoms with Crippen LogP contribution in [0.4, 0.5) is 9.59 Å². The van der Waals surface area contributed by atoms with E-state index in [0.29, 0.717) is 11.8 Å². The third-order valence-corrected chi connectivity index (χ3v) is 4.32. The van der Waals surface area contributed by atoms with Crippen LogP contribution >= 0.6 is 11.8 Å². The molecule has 4 nitrogen and oxygen atoms in total. The van der Waals surface area contributed by atoms with Crippen molar-refractivity contribution in [1.82, 2.24) is 0 Å². The number of rotatable bonds is 2. The van der Waals surface area contributed by atoms with Gasteiger partial charge < -0.3 is 9.47 Å². The molecule has 0 aliphatic heterocycles. The Balaban J connectivity index is 1.64. The topological polar surface area (TPSA) is 52.6 Å². The van der Waals surface area contributed by atoms with Gasteiger partial charge >= 0.3 is 10.6 Å². The van der Waals surface area contributed by atoms with Crippen molar-refractivity contribution in [3.63, 3.8) is 0 Å². The average molecular weight is 286 g/mol. The molecule has 0 aromatic carbocycles. The summed E-state index contributed by atoms with van der Waals surface area (Å²) >= 11 is 0.565. The lowest BCUT2D eigenvalue weighted by atomic mass is 9.98. The average Bonchev–Trinajstić information content (AvgIpc) is 2.40. The predicted molar refractivity (Wildman–Crippen MR) is 74.3 cm³/mol. The van der Waals surface area contributed by atoms with Gasteiger partial charge in [-0.25, -0.2) is 9.59 Å². The van der Waals surface area contributed by atoms with Crippen molar-refractivity contribution in [2.24, 2.45) is 0 Å². The van der Waals surface area contributed by atoms with Crippen molar-refractivity contribution in [1.29, 1.82) is 0 Å². The van der Waals surface area contributed by atoms with E-state index in [4.69, 9.17) is 9.47 Å². The van der Waals surface area contributed by atoms with Crippen LogP contribution in [-0.4, -0.2) is 22.8 Å². The quantitative estimate of drug-likeness (QED) is 0.691. The molecule has 0 radical (unpaired) electrons. The Hall–Kier alpha value is -0.710. The fourth-order valence-electron chi connectivity index (χ4n) is 2.75. The summed E-state index contributed by atoms with van der Waals surface area (Å²) < 4.78 is 10.5. The molecule has 0 amide bonds. The van der Waals surface area contributed by atoms with Crippen LogP contribution in [0.25, 0.3) is 0 Å². The van der Waals surface area contributed by atoms with E-state index in [2.05, 4.69) is 0 Å². The summed E-state index contributed by atoms with van der Waals surface area (Å²) in [5.41, 5.74) is 0. The minimum atomic E-state index is -0.507. The van der Waals surface area contributed by atoms with E-state index in [1.165, 1.54) is 12.8 Å². The summed E-state index contributed by atoms with van der Waals surface area (Å²) in [4.78, 5) is 23.2. The smallest absolute Gasteiger partial charge is 0.378 e. The van der Waals surface area contributed by atoms with Gasteiger partial charge in [-0.3, -0.25) is 0 Å².